The fourth-order valence-corrected chi connectivity index (χ4v) is 2.31. The van der Waals surface area contributed by atoms with Crippen molar-refractivity contribution < 1.29 is 0 Å². The van der Waals surface area contributed by atoms with Gasteiger partial charge in [0.05, 0.1) is 17.3 Å². The number of rotatable bonds is 3. The second kappa shape index (κ2) is 5.46. The zero-order chi connectivity index (χ0) is 14.8. The van der Waals surface area contributed by atoms with Gasteiger partial charge in [0.15, 0.2) is 0 Å². The molecule has 1 aromatic heterocycles. The van der Waals surface area contributed by atoms with Crippen LogP contribution in [0.2, 0.25) is 5.02 Å². The lowest BCUT2D eigenvalue weighted by molar-refractivity contribution is 0.740. The first-order chi connectivity index (χ1) is 10.2. The summed E-state index contributed by atoms with van der Waals surface area (Å²) in [4.78, 5) is 12.4. The fraction of sp³-hybridized carbons (Fsp3) is 0.0667. The van der Waals surface area contributed by atoms with Crippen LogP contribution in [0.25, 0.3) is 5.69 Å². The standard InChI is InChI=1S/C15H13ClN4O/c16-12-6-2-4-8-14(12)20-15(21)19(10-18-20)9-11-5-1-3-7-13(11)17/h1-8,10H,9,17H2. The monoisotopic (exact) mass is 300 g/mol. The Morgan fingerprint density at radius 3 is 2.57 bits per heavy atom. The number of nitrogens with zero attached hydrogens (tertiary/aromatic N) is 3. The quantitative estimate of drug-likeness (QED) is 0.755. The minimum Gasteiger partial charge on any atom is -0.398 e. The molecule has 0 aliphatic heterocycles. The summed E-state index contributed by atoms with van der Waals surface area (Å²) in [7, 11) is 0. The Bertz CT molecular complexity index is 837. The van der Waals surface area contributed by atoms with Gasteiger partial charge < -0.3 is 5.73 Å². The van der Waals surface area contributed by atoms with E-state index in [2.05, 4.69) is 5.10 Å². The van der Waals surface area contributed by atoms with Crippen molar-refractivity contribution in [3.63, 3.8) is 0 Å². The third kappa shape index (κ3) is 2.55. The van der Waals surface area contributed by atoms with E-state index in [4.69, 9.17) is 17.3 Å². The first kappa shape index (κ1) is 13.5. The predicted molar refractivity (Wildman–Crippen MR) is 82.8 cm³/mol. The molecule has 0 unspecified atom stereocenters. The minimum absolute atomic E-state index is 0.258. The van der Waals surface area contributed by atoms with Gasteiger partial charge in [0.2, 0.25) is 0 Å². The van der Waals surface area contributed by atoms with Crippen molar-refractivity contribution in [1.29, 1.82) is 0 Å². The first-order valence-corrected chi connectivity index (χ1v) is 6.77. The maximum absolute atomic E-state index is 12.4. The molecule has 6 heteroatoms. The number of nitrogens with two attached hydrogens (primary N) is 1. The van der Waals surface area contributed by atoms with E-state index in [1.54, 1.807) is 24.3 Å². The van der Waals surface area contributed by atoms with Crippen LogP contribution in [0.3, 0.4) is 0 Å². The Labute approximate surface area is 126 Å². The van der Waals surface area contributed by atoms with Crippen LogP contribution >= 0.6 is 11.6 Å². The summed E-state index contributed by atoms with van der Waals surface area (Å²) < 4.78 is 2.77. The van der Waals surface area contributed by atoms with Gasteiger partial charge in [0.1, 0.15) is 6.33 Å². The molecule has 0 aliphatic rings. The van der Waals surface area contributed by atoms with Gasteiger partial charge in [-0.3, -0.25) is 4.57 Å². The zero-order valence-electron chi connectivity index (χ0n) is 11.1. The molecule has 0 aliphatic carbocycles. The molecule has 0 saturated heterocycles. The first-order valence-electron chi connectivity index (χ1n) is 6.39. The largest absolute Gasteiger partial charge is 0.398 e. The van der Waals surface area contributed by atoms with E-state index in [9.17, 15) is 4.79 Å². The highest BCUT2D eigenvalue weighted by atomic mass is 35.5. The second-order valence-corrected chi connectivity index (χ2v) is 5.01. The van der Waals surface area contributed by atoms with E-state index < -0.39 is 0 Å². The molecule has 106 valence electrons. The Hall–Kier alpha value is -2.53. The molecule has 0 fully saturated rings. The number of para-hydroxylation sites is 2. The van der Waals surface area contributed by atoms with Crippen LogP contribution in [0.1, 0.15) is 5.56 Å². The van der Waals surface area contributed by atoms with Crippen molar-refractivity contribution in [2.45, 2.75) is 6.54 Å². The average Bonchev–Trinajstić information content (AvgIpc) is 2.83. The highest BCUT2D eigenvalue weighted by molar-refractivity contribution is 6.32. The lowest BCUT2D eigenvalue weighted by Gasteiger charge is -2.05. The average molecular weight is 301 g/mol. The molecule has 0 radical (unpaired) electrons. The molecule has 0 saturated carbocycles. The van der Waals surface area contributed by atoms with Crippen LogP contribution in [0.4, 0.5) is 5.69 Å². The van der Waals surface area contributed by atoms with E-state index in [-0.39, 0.29) is 5.69 Å². The maximum atomic E-state index is 12.4. The van der Waals surface area contributed by atoms with Crippen LogP contribution in [-0.2, 0) is 6.54 Å². The lowest BCUT2D eigenvalue weighted by atomic mass is 10.2. The van der Waals surface area contributed by atoms with Crippen LogP contribution in [0.15, 0.2) is 59.7 Å². The SMILES string of the molecule is Nc1ccccc1Cn1cnn(-c2ccccc2Cl)c1=O. The van der Waals surface area contributed by atoms with Crippen LogP contribution < -0.4 is 11.4 Å². The summed E-state index contributed by atoms with van der Waals surface area (Å²) in [6.45, 7) is 0.371. The van der Waals surface area contributed by atoms with Crippen molar-refractivity contribution >= 4 is 17.3 Å². The van der Waals surface area contributed by atoms with Crippen molar-refractivity contribution in [3.8, 4) is 5.69 Å². The topological polar surface area (TPSA) is 65.8 Å². The molecule has 2 aromatic carbocycles. The predicted octanol–water partition coefficient (Wildman–Crippen LogP) is 2.32. The highest BCUT2D eigenvalue weighted by Crippen LogP contribution is 2.17. The van der Waals surface area contributed by atoms with E-state index in [0.29, 0.717) is 22.9 Å². The molecule has 2 N–H and O–H groups in total. The molecule has 0 amide bonds. The van der Waals surface area contributed by atoms with E-state index in [1.807, 2.05) is 24.3 Å². The van der Waals surface area contributed by atoms with Gasteiger partial charge in [-0.05, 0) is 23.8 Å². The Balaban J connectivity index is 1.99. The van der Waals surface area contributed by atoms with E-state index in [0.717, 1.165) is 5.56 Å². The number of hydrogen-bond donors (Lipinski definition) is 1. The third-order valence-corrected chi connectivity index (χ3v) is 3.53. The number of nitrogen functional groups attached to an aromatic ring is 1. The molecule has 21 heavy (non-hydrogen) atoms. The number of aromatic nitrogens is 3. The van der Waals surface area contributed by atoms with E-state index in [1.165, 1.54) is 15.6 Å². The summed E-state index contributed by atoms with van der Waals surface area (Å²) in [5.74, 6) is 0. The van der Waals surface area contributed by atoms with Crippen LogP contribution in [-0.4, -0.2) is 14.3 Å². The Morgan fingerprint density at radius 1 is 1.10 bits per heavy atom. The van der Waals surface area contributed by atoms with Gasteiger partial charge in [-0.1, -0.05) is 41.9 Å². The third-order valence-electron chi connectivity index (χ3n) is 3.21. The lowest BCUT2D eigenvalue weighted by Crippen LogP contribution is -2.24. The number of benzene rings is 2. The molecule has 3 rings (SSSR count). The molecule has 0 spiro atoms. The minimum atomic E-state index is -0.258. The molecule has 0 bridgehead atoms. The van der Waals surface area contributed by atoms with Gasteiger partial charge in [-0.25, -0.2) is 4.79 Å². The number of anilines is 1. The number of halogens is 1. The summed E-state index contributed by atoms with van der Waals surface area (Å²) >= 11 is 6.10. The van der Waals surface area contributed by atoms with Crippen LogP contribution in [0.5, 0.6) is 0 Å². The second-order valence-electron chi connectivity index (χ2n) is 4.60. The van der Waals surface area contributed by atoms with E-state index >= 15 is 0 Å². The van der Waals surface area contributed by atoms with Gasteiger partial charge in [0.25, 0.3) is 0 Å². The fourth-order valence-electron chi connectivity index (χ4n) is 2.09. The molecular formula is C15H13ClN4O. The zero-order valence-corrected chi connectivity index (χ0v) is 11.9. The van der Waals surface area contributed by atoms with Gasteiger partial charge in [0, 0.05) is 5.69 Å². The summed E-state index contributed by atoms with van der Waals surface area (Å²) in [6, 6.07) is 14.5. The summed E-state index contributed by atoms with van der Waals surface area (Å²) in [5, 5.41) is 4.59. The van der Waals surface area contributed by atoms with Crippen molar-refractivity contribution in [2.24, 2.45) is 0 Å². The van der Waals surface area contributed by atoms with Gasteiger partial charge in [-0.15, -0.1) is 0 Å². The molecule has 1 heterocycles. The van der Waals surface area contributed by atoms with Gasteiger partial charge >= 0.3 is 5.69 Å². The van der Waals surface area contributed by atoms with Crippen molar-refractivity contribution in [1.82, 2.24) is 14.3 Å². The summed E-state index contributed by atoms with van der Waals surface area (Å²) in [5.41, 5.74) is 7.72. The molecule has 5 nitrogen and oxygen atoms in total. The maximum Gasteiger partial charge on any atom is 0.350 e. The number of hydrogen-bond acceptors (Lipinski definition) is 3. The molecule has 3 aromatic rings. The molecule has 0 atom stereocenters. The van der Waals surface area contributed by atoms with Crippen LogP contribution in [0, 0.1) is 0 Å². The Kier molecular flexibility index (Phi) is 3.50. The Morgan fingerprint density at radius 2 is 1.81 bits per heavy atom. The molecular weight excluding hydrogens is 288 g/mol. The van der Waals surface area contributed by atoms with Crippen molar-refractivity contribution in [2.75, 3.05) is 5.73 Å². The van der Waals surface area contributed by atoms with Crippen molar-refractivity contribution in [3.05, 3.63) is 75.9 Å². The summed E-state index contributed by atoms with van der Waals surface area (Å²) in [6.07, 6.45) is 1.48. The normalized spacial score (nSPS) is 10.7. The highest BCUT2D eigenvalue weighted by Gasteiger charge is 2.10. The smallest absolute Gasteiger partial charge is 0.350 e. The van der Waals surface area contributed by atoms with Gasteiger partial charge in [-0.2, -0.15) is 9.78 Å².